The summed E-state index contributed by atoms with van der Waals surface area (Å²) in [5.41, 5.74) is -2.24. The number of nitrogens with zero attached hydrogens (tertiary/aromatic N) is 1. The van der Waals surface area contributed by atoms with Gasteiger partial charge in [-0.1, -0.05) is 6.92 Å². The van der Waals surface area contributed by atoms with Crippen molar-refractivity contribution in [2.45, 2.75) is 68.3 Å². The average Bonchev–Trinajstić information content (AvgIpc) is 3.19. The summed E-state index contributed by atoms with van der Waals surface area (Å²) in [4.78, 5) is 2.42. The molecule has 5 saturated carbocycles. The third-order valence-corrected chi connectivity index (χ3v) is 11.2. The minimum Gasteiger partial charge on any atom is -0.392 e. The van der Waals surface area contributed by atoms with Gasteiger partial charge in [0.2, 0.25) is 0 Å². The fourth-order valence-electron chi connectivity index (χ4n) is 10.7. The molecule has 8 nitrogen and oxygen atoms in total. The van der Waals surface area contributed by atoms with Crippen LogP contribution in [0, 0.1) is 40.4 Å². The monoisotopic (exact) mass is 453 g/mol. The number of aliphatic hydroxyl groups excluding tert-OH is 3. The summed E-state index contributed by atoms with van der Waals surface area (Å²) in [6.45, 7) is 4.33. The highest BCUT2D eigenvalue weighted by atomic mass is 16.5. The molecule has 0 aromatic heterocycles. The fourth-order valence-corrected chi connectivity index (χ4v) is 10.7. The second-order valence-corrected chi connectivity index (χ2v) is 11.6. The Kier molecular flexibility index (Phi) is 4.76. The van der Waals surface area contributed by atoms with Gasteiger partial charge in [0.1, 0.15) is 11.7 Å². The molecule has 6 aliphatic rings. The molecule has 4 N–H and O–H groups in total. The second-order valence-electron chi connectivity index (χ2n) is 11.6. The zero-order chi connectivity index (χ0) is 22.8. The number of piperidine rings is 1. The van der Waals surface area contributed by atoms with E-state index in [1.54, 1.807) is 21.3 Å². The van der Waals surface area contributed by atoms with E-state index in [0.29, 0.717) is 19.4 Å². The second kappa shape index (κ2) is 6.88. The van der Waals surface area contributed by atoms with Gasteiger partial charge in [0.25, 0.3) is 0 Å². The highest BCUT2D eigenvalue weighted by molar-refractivity contribution is 5.36. The molecule has 1 spiro atoms. The van der Waals surface area contributed by atoms with Crippen LogP contribution in [0.1, 0.15) is 26.2 Å². The number of ether oxygens (including phenoxy) is 3. The summed E-state index contributed by atoms with van der Waals surface area (Å²) in [5.74, 6) is -1.29. The molecule has 0 radical (unpaired) electrons. The van der Waals surface area contributed by atoms with E-state index < -0.39 is 47.3 Å². The van der Waals surface area contributed by atoms with Gasteiger partial charge in [-0.15, -0.1) is 0 Å². The van der Waals surface area contributed by atoms with E-state index in [1.165, 1.54) is 0 Å². The SMILES string of the molecule is CCN1C[C@]2(COC)CC[C@H](O)C34C1C([C@H](OC)[C@@H]32)[C@]1(O)[C@H]2[C@@H](O)[C@H](C[C@H]24)[C@@H](OC)[C@H]1O. The topological polar surface area (TPSA) is 112 Å². The Bertz CT molecular complexity index is 783. The van der Waals surface area contributed by atoms with Gasteiger partial charge in [-0.2, -0.15) is 0 Å². The molecule has 6 fully saturated rings. The van der Waals surface area contributed by atoms with Crippen molar-refractivity contribution in [2.24, 2.45) is 40.4 Å². The van der Waals surface area contributed by atoms with E-state index in [4.69, 9.17) is 14.2 Å². The largest absolute Gasteiger partial charge is 0.392 e. The molecule has 14 atom stereocenters. The third-order valence-electron chi connectivity index (χ3n) is 11.2. The molecule has 1 saturated heterocycles. The molecule has 0 aromatic rings. The molecule has 1 heterocycles. The van der Waals surface area contributed by atoms with E-state index in [0.717, 1.165) is 19.5 Å². The Labute approximate surface area is 189 Å². The molecule has 182 valence electrons. The lowest BCUT2D eigenvalue weighted by atomic mass is 9.43. The summed E-state index contributed by atoms with van der Waals surface area (Å²) < 4.78 is 17.7. The highest BCUT2D eigenvalue weighted by Crippen LogP contribution is 2.79. The Morgan fingerprint density at radius 2 is 1.75 bits per heavy atom. The summed E-state index contributed by atoms with van der Waals surface area (Å²) in [6.07, 6.45) is -1.22. The Balaban J connectivity index is 1.64. The predicted octanol–water partition coefficient (Wildman–Crippen LogP) is -0.527. The van der Waals surface area contributed by atoms with Crippen molar-refractivity contribution in [1.29, 1.82) is 0 Å². The number of likely N-dealkylation sites (tertiary alicyclic amines) is 1. The van der Waals surface area contributed by atoms with Crippen LogP contribution >= 0.6 is 0 Å². The fraction of sp³-hybridized carbons (Fsp3) is 1.00. The van der Waals surface area contributed by atoms with Crippen molar-refractivity contribution >= 4 is 0 Å². The first-order valence-electron chi connectivity index (χ1n) is 12.3. The average molecular weight is 454 g/mol. The maximum Gasteiger partial charge on any atom is 0.110 e. The van der Waals surface area contributed by atoms with E-state index >= 15 is 0 Å². The molecule has 6 rings (SSSR count). The molecule has 0 aromatic carbocycles. The molecular weight excluding hydrogens is 414 g/mol. The van der Waals surface area contributed by atoms with Crippen molar-refractivity contribution < 1.29 is 34.6 Å². The first-order valence-corrected chi connectivity index (χ1v) is 12.3. The van der Waals surface area contributed by atoms with Gasteiger partial charge >= 0.3 is 0 Å². The zero-order valence-corrected chi connectivity index (χ0v) is 19.6. The van der Waals surface area contributed by atoms with Crippen molar-refractivity contribution in [1.82, 2.24) is 4.90 Å². The summed E-state index contributed by atoms with van der Waals surface area (Å²) in [7, 11) is 4.98. The molecule has 1 aliphatic heterocycles. The first-order chi connectivity index (χ1) is 15.3. The quantitative estimate of drug-likeness (QED) is 0.440. The van der Waals surface area contributed by atoms with Crippen LogP contribution < -0.4 is 0 Å². The van der Waals surface area contributed by atoms with Crippen LogP contribution in [0.2, 0.25) is 0 Å². The molecule has 7 bridgehead atoms. The minimum atomic E-state index is -1.54. The van der Waals surface area contributed by atoms with Crippen molar-refractivity contribution in [3.63, 3.8) is 0 Å². The summed E-state index contributed by atoms with van der Waals surface area (Å²) >= 11 is 0. The van der Waals surface area contributed by atoms with Gasteiger partial charge in [0.15, 0.2) is 0 Å². The molecule has 3 unspecified atom stereocenters. The maximum atomic E-state index is 12.5. The Hall–Kier alpha value is -0.320. The predicted molar refractivity (Wildman–Crippen MR) is 114 cm³/mol. The lowest BCUT2D eigenvalue weighted by molar-refractivity contribution is -0.297. The normalized spacial score (nSPS) is 62.4. The number of rotatable bonds is 5. The van der Waals surface area contributed by atoms with E-state index in [2.05, 4.69) is 11.8 Å². The van der Waals surface area contributed by atoms with Crippen LogP contribution in [-0.2, 0) is 14.2 Å². The van der Waals surface area contributed by atoms with Crippen LogP contribution in [0.25, 0.3) is 0 Å². The van der Waals surface area contributed by atoms with Gasteiger partial charge in [-0.05, 0) is 31.7 Å². The smallest absolute Gasteiger partial charge is 0.110 e. The van der Waals surface area contributed by atoms with Gasteiger partial charge in [-0.3, -0.25) is 4.90 Å². The molecule has 5 aliphatic carbocycles. The van der Waals surface area contributed by atoms with E-state index in [-0.39, 0.29) is 35.3 Å². The number of aliphatic hydroxyl groups is 4. The van der Waals surface area contributed by atoms with Crippen LogP contribution in [0.4, 0.5) is 0 Å². The lowest BCUT2D eigenvalue weighted by Gasteiger charge is -2.69. The van der Waals surface area contributed by atoms with Gasteiger partial charge < -0.3 is 34.6 Å². The number of hydrogen-bond donors (Lipinski definition) is 4. The van der Waals surface area contributed by atoms with Crippen LogP contribution in [-0.4, -0.2) is 109 Å². The van der Waals surface area contributed by atoms with Crippen LogP contribution in [0.15, 0.2) is 0 Å². The van der Waals surface area contributed by atoms with Crippen molar-refractivity contribution in [3.05, 3.63) is 0 Å². The Morgan fingerprint density at radius 3 is 2.38 bits per heavy atom. The molecular formula is C24H39NO7. The third kappa shape index (κ3) is 2.07. The van der Waals surface area contributed by atoms with Gasteiger partial charge in [-0.25, -0.2) is 0 Å². The summed E-state index contributed by atoms with van der Waals surface area (Å²) in [6, 6.07) is -0.120. The molecule has 32 heavy (non-hydrogen) atoms. The van der Waals surface area contributed by atoms with Crippen LogP contribution in [0.5, 0.6) is 0 Å². The van der Waals surface area contributed by atoms with Gasteiger partial charge in [0, 0.05) is 68.4 Å². The van der Waals surface area contributed by atoms with E-state index in [9.17, 15) is 20.4 Å². The zero-order valence-electron chi connectivity index (χ0n) is 19.6. The summed E-state index contributed by atoms with van der Waals surface area (Å²) in [5, 5.41) is 47.3. The van der Waals surface area contributed by atoms with Crippen molar-refractivity contribution in [3.8, 4) is 0 Å². The number of fused-ring (bicyclic) bond motifs is 2. The Morgan fingerprint density at radius 1 is 1.03 bits per heavy atom. The maximum absolute atomic E-state index is 12.5. The van der Waals surface area contributed by atoms with Crippen LogP contribution in [0.3, 0.4) is 0 Å². The first kappa shape index (κ1) is 22.2. The number of hydrogen-bond acceptors (Lipinski definition) is 8. The van der Waals surface area contributed by atoms with Gasteiger partial charge in [0.05, 0.1) is 31.0 Å². The highest BCUT2D eigenvalue weighted by Gasteiger charge is 2.87. The minimum absolute atomic E-state index is 0.000250. The standard InChI is InChI=1S/C24H39NO7/c1-5-25-9-22(10-30-2)7-6-13(26)23-12-8-11-16(27)14(12)24(29,21(28)17(11)31-3)15(20(23)25)18(32-4)19(22)23/h11-21,26-29H,5-10H2,1-4H3/t11-,12+,13-,14+,15?,16-,17+,18-,19+,20?,21+,22-,23?,24+/m0/s1. The lowest BCUT2D eigenvalue weighted by Crippen LogP contribution is -2.78. The number of methoxy groups -OCH3 is 3. The van der Waals surface area contributed by atoms with Crippen molar-refractivity contribution in [2.75, 3.05) is 41.0 Å². The van der Waals surface area contributed by atoms with E-state index in [1.807, 2.05) is 0 Å². The molecule has 0 amide bonds. The molecule has 8 heteroatoms.